The van der Waals surface area contributed by atoms with Crippen LogP contribution in [0.2, 0.25) is 0 Å². The number of aliphatic hydroxyl groups is 1. The average molecular weight is 206 g/mol. The Bertz CT molecular complexity index is 429. The van der Waals surface area contributed by atoms with E-state index in [1.807, 2.05) is 13.2 Å². The third-order valence-corrected chi connectivity index (χ3v) is 2.45. The molecule has 0 saturated heterocycles. The molecule has 2 aromatic heterocycles. The number of aromatic nitrogens is 2. The number of hydrogen-bond donors (Lipinski definition) is 1. The van der Waals surface area contributed by atoms with Crippen molar-refractivity contribution in [2.24, 2.45) is 7.05 Å². The molecule has 1 N–H and O–H groups in total. The molecule has 0 bridgehead atoms. The summed E-state index contributed by atoms with van der Waals surface area (Å²) in [7, 11) is 1.86. The van der Waals surface area contributed by atoms with Crippen molar-refractivity contribution in [2.75, 3.05) is 0 Å². The molecule has 0 spiro atoms. The van der Waals surface area contributed by atoms with E-state index in [2.05, 4.69) is 5.10 Å². The standard InChI is InChI=1S/C11H14N2O2/c1-11(14,10-3-4-15-8-10)5-9-6-12-13(2)7-9/h3-4,6-8,14H,5H2,1-2H3. The van der Waals surface area contributed by atoms with Gasteiger partial charge in [0.2, 0.25) is 0 Å². The summed E-state index contributed by atoms with van der Waals surface area (Å²) in [5.41, 5.74) is 0.880. The van der Waals surface area contributed by atoms with Gasteiger partial charge < -0.3 is 9.52 Å². The van der Waals surface area contributed by atoms with Gasteiger partial charge >= 0.3 is 0 Å². The van der Waals surface area contributed by atoms with Gasteiger partial charge in [0.15, 0.2) is 0 Å². The summed E-state index contributed by atoms with van der Waals surface area (Å²) >= 11 is 0. The predicted molar refractivity (Wildman–Crippen MR) is 55.2 cm³/mol. The van der Waals surface area contributed by atoms with Gasteiger partial charge in [-0.15, -0.1) is 0 Å². The van der Waals surface area contributed by atoms with Crippen molar-refractivity contribution in [1.29, 1.82) is 0 Å². The molecule has 1 unspecified atom stereocenters. The highest BCUT2D eigenvalue weighted by molar-refractivity contribution is 5.19. The first kappa shape index (κ1) is 9.98. The van der Waals surface area contributed by atoms with Gasteiger partial charge in [-0.2, -0.15) is 5.10 Å². The molecule has 0 radical (unpaired) electrons. The molecule has 2 aromatic rings. The Morgan fingerprint density at radius 3 is 2.93 bits per heavy atom. The summed E-state index contributed by atoms with van der Waals surface area (Å²) in [6.45, 7) is 1.77. The molecule has 0 fully saturated rings. The highest BCUT2D eigenvalue weighted by Crippen LogP contribution is 2.25. The summed E-state index contributed by atoms with van der Waals surface area (Å²) in [5, 5.41) is 14.3. The van der Waals surface area contributed by atoms with Gasteiger partial charge in [-0.1, -0.05) is 0 Å². The maximum Gasteiger partial charge on any atom is 0.0963 e. The molecule has 0 aromatic carbocycles. The molecule has 4 nitrogen and oxygen atoms in total. The monoisotopic (exact) mass is 206 g/mol. The summed E-state index contributed by atoms with van der Waals surface area (Å²) in [5.74, 6) is 0. The van der Waals surface area contributed by atoms with Crippen molar-refractivity contribution in [3.05, 3.63) is 42.1 Å². The van der Waals surface area contributed by atoms with Crippen LogP contribution in [0.4, 0.5) is 0 Å². The lowest BCUT2D eigenvalue weighted by Crippen LogP contribution is -2.23. The third-order valence-electron chi connectivity index (χ3n) is 2.45. The van der Waals surface area contributed by atoms with Crippen molar-refractivity contribution in [3.63, 3.8) is 0 Å². The van der Waals surface area contributed by atoms with E-state index in [4.69, 9.17) is 4.42 Å². The normalized spacial score (nSPS) is 15.1. The molecule has 80 valence electrons. The topological polar surface area (TPSA) is 51.2 Å². The quantitative estimate of drug-likeness (QED) is 0.827. The van der Waals surface area contributed by atoms with Crippen LogP contribution in [-0.4, -0.2) is 14.9 Å². The zero-order chi connectivity index (χ0) is 10.9. The van der Waals surface area contributed by atoms with Crippen molar-refractivity contribution in [3.8, 4) is 0 Å². The molecule has 0 aliphatic carbocycles. The average Bonchev–Trinajstić information content (AvgIpc) is 2.75. The fourth-order valence-corrected chi connectivity index (χ4v) is 1.63. The van der Waals surface area contributed by atoms with Crippen molar-refractivity contribution in [1.82, 2.24) is 9.78 Å². The summed E-state index contributed by atoms with van der Waals surface area (Å²) in [4.78, 5) is 0. The lowest BCUT2D eigenvalue weighted by molar-refractivity contribution is 0.0570. The van der Waals surface area contributed by atoms with Crippen LogP contribution in [0, 0.1) is 0 Å². The predicted octanol–water partition coefficient (Wildman–Crippen LogP) is 1.46. The van der Waals surface area contributed by atoms with Crippen molar-refractivity contribution >= 4 is 0 Å². The van der Waals surface area contributed by atoms with Crippen LogP contribution in [0.3, 0.4) is 0 Å². The smallest absolute Gasteiger partial charge is 0.0963 e. The van der Waals surface area contributed by atoms with Gasteiger partial charge in [-0.25, -0.2) is 0 Å². The van der Waals surface area contributed by atoms with E-state index < -0.39 is 5.60 Å². The Morgan fingerprint density at radius 2 is 2.40 bits per heavy atom. The van der Waals surface area contributed by atoms with Crippen molar-refractivity contribution in [2.45, 2.75) is 18.9 Å². The van der Waals surface area contributed by atoms with Crippen LogP contribution in [0.25, 0.3) is 0 Å². The second-order valence-corrected chi connectivity index (χ2v) is 3.98. The van der Waals surface area contributed by atoms with Gasteiger partial charge in [0, 0.05) is 25.2 Å². The molecule has 0 aliphatic rings. The van der Waals surface area contributed by atoms with Crippen LogP contribution < -0.4 is 0 Å². The summed E-state index contributed by atoms with van der Waals surface area (Å²) in [6.07, 6.45) is 7.31. The lowest BCUT2D eigenvalue weighted by atomic mass is 9.92. The Balaban J connectivity index is 2.18. The number of furan rings is 1. The van der Waals surface area contributed by atoms with Gasteiger partial charge in [0.25, 0.3) is 0 Å². The van der Waals surface area contributed by atoms with E-state index in [0.29, 0.717) is 6.42 Å². The first-order chi connectivity index (χ1) is 7.08. The molecular formula is C11H14N2O2. The summed E-state index contributed by atoms with van der Waals surface area (Å²) < 4.78 is 6.69. The Morgan fingerprint density at radius 1 is 1.60 bits per heavy atom. The van der Waals surface area contributed by atoms with E-state index in [1.165, 1.54) is 0 Å². The third kappa shape index (κ3) is 2.10. The van der Waals surface area contributed by atoms with Gasteiger partial charge in [-0.05, 0) is 18.6 Å². The number of nitrogens with zero attached hydrogens (tertiary/aromatic N) is 2. The van der Waals surface area contributed by atoms with Crippen molar-refractivity contribution < 1.29 is 9.52 Å². The fourth-order valence-electron chi connectivity index (χ4n) is 1.63. The highest BCUT2D eigenvalue weighted by atomic mass is 16.3. The van der Waals surface area contributed by atoms with Gasteiger partial charge in [-0.3, -0.25) is 4.68 Å². The SMILES string of the molecule is Cn1cc(CC(C)(O)c2ccoc2)cn1. The first-order valence-corrected chi connectivity index (χ1v) is 4.80. The van der Waals surface area contributed by atoms with Crippen LogP contribution in [0.1, 0.15) is 18.1 Å². The molecule has 2 heterocycles. The minimum atomic E-state index is -0.907. The largest absolute Gasteiger partial charge is 0.472 e. The Labute approximate surface area is 88.1 Å². The second kappa shape index (κ2) is 3.55. The zero-order valence-electron chi connectivity index (χ0n) is 8.84. The zero-order valence-corrected chi connectivity index (χ0v) is 8.84. The van der Waals surface area contributed by atoms with Crippen LogP contribution >= 0.6 is 0 Å². The minimum absolute atomic E-state index is 0.528. The lowest BCUT2D eigenvalue weighted by Gasteiger charge is -2.20. The molecular weight excluding hydrogens is 192 g/mol. The Kier molecular flexibility index (Phi) is 2.36. The first-order valence-electron chi connectivity index (χ1n) is 4.80. The molecule has 0 amide bonds. The number of rotatable bonds is 3. The van der Waals surface area contributed by atoms with E-state index in [-0.39, 0.29) is 0 Å². The molecule has 15 heavy (non-hydrogen) atoms. The van der Waals surface area contributed by atoms with Gasteiger partial charge in [0.1, 0.15) is 0 Å². The fraction of sp³-hybridized carbons (Fsp3) is 0.364. The minimum Gasteiger partial charge on any atom is -0.472 e. The summed E-state index contributed by atoms with van der Waals surface area (Å²) in [6, 6.07) is 1.77. The van der Waals surface area contributed by atoms with E-state index in [0.717, 1.165) is 11.1 Å². The molecule has 2 rings (SSSR count). The maximum absolute atomic E-state index is 10.2. The number of hydrogen-bond acceptors (Lipinski definition) is 3. The number of aryl methyl sites for hydroxylation is 1. The van der Waals surface area contributed by atoms with Crippen LogP contribution in [-0.2, 0) is 19.1 Å². The van der Waals surface area contributed by atoms with E-state index in [1.54, 1.807) is 36.4 Å². The maximum atomic E-state index is 10.2. The second-order valence-electron chi connectivity index (χ2n) is 3.98. The van der Waals surface area contributed by atoms with Crippen LogP contribution in [0.15, 0.2) is 35.4 Å². The van der Waals surface area contributed by atoms with Crippen LogP contribution in [0.5, 0.6) is 0 Å². The highest BCUT2D eigenvalue weighted by Gasteiger charge is 2.25. The van der Waals surface area contributed by atoms with E-state index in [9.17, 15) is 5.11 Å². The molecule has 0 aliphatic heterocycles. The molecule has 1 atom stereocenters. The van der Waals surface area contributed by atoms with Gasteiger partial charge in [0.05, 0.1) is 24.3 Å². The molecule has 4 heteroatoms. The Hall–Kier alpha value is -1.55. The molecule has 0 saturated carbocycles. The van der Waals surface area contributed by atoms with E-state index >= 15 is 0 Å².